The van der Waals surface area contributed by atoms with Gasteiger partial charge in [-0.1, -0.05) is 0 Å². The van der Waals surface area contributed by atoms with Gasteiger partial charge in [0.25, 0.3) is 5.88 Å². The van der Waals surface area contributed by atoms with Crippen molar-refractivity contribution in [2.75, 3.05) is 19.0 Å². The van der Waals surface area contributed by atoms with Crippen molar-refractivity contribution >= 4 is 11.5 Å². The van der Waals surface area contributed by atoms with Crippen molar-refractivity contribution in [3.8, 4) is 5.88 Å². The van der Waals surface area contributed by atoms with Gasteiger partial charge in [0.2, 0.25) is 5.82 Å². The number of hydrogen-bond donors (Lipinski definition) is 1. The molecule has 1 heterocycles. The molecule has 0 amide bonds. The van der Waals surface area contributed by atoms with Crippen molar-refractivity contribution in [1.82, 2.24) is 9.97 Å². The lowest BCUT2D eigenvalue weighted by Gasteiger charge is -2.09. The monoisotopic (exact) mass is 266 g/mol. The number of rotatable bonds is 5. The zero-order valence-corrected chi connectivity index (χ0v) is 9.19. The fourth-order valence-corrected chi connectivity index (χ4v) is 1.13. The molecular weight excluding hydrogens is 257 g/mol. The molecule has 0 aromatic carbocycles. The van der Waals surface area contributed by atoms with Crippen molar-refractivity contribution in [3.63, 3.8) is 0 Å². The van der Waals surface area contributed by atoms with Crippen LogP contribution in [0.2, 0.25) is 0 Å². The Morgan fingerprint density at radius 2 is 2.17 bits per heavy atom. The summed E-state index contributed by atoms with van der Waals surface area (Å²) in [6.07, 6.45) is -4.52. The minimum atomic E-state index is -4.35. The zero-order valence-electron chi connectivity index (χ0n) is 9.19. The average Bonchev–Trinajstić information content (AvgIpc) is 2.26. The number of ether oxygens (including phenoxy) is 1. The lowest BCUT2D eigenvalue weighted by atomic mass is 10.4. The lowest BCUT2D eigenvalue weighted by Crippen LogP contribution is -2.16. The van der Waals surface area contributed by atoms with Gasteiger partial charge in [0.05, 0.1) is 18.5 Å². The number of methoxy groups -OCH3 is 1. The molecule has 1 aromatic rings. The maximum atomic E-state index is 11.9. The van der Waals surface area contributed by atoms with Crippen LogP contribution in [0, 0.1) is 10.1 Å². The predicted octanol–water partition coefficient (Wildman–Crippen LogP) is 1.76. The number of nitro groups is 1. The number of aromatic nitrogens is 2. The molecule has 0 unspecified atom stereocenters. The van der Waals surface area contributed by atoms with Gasteiger partial charge in [0, 0.05) is 6.54 Å². The number of anilines is 1. The van der Waals surface area contributed by atoms with Gasteiger partial charge in [-0.15, -0.1) is 0 Å². The molecule has 0 radical (unpaired) electrons. The van der Waals surface area contributed by atoms with E-state index in [1.54, 1.807) is 0 Å². The number of halogens is 3. The van der Waals surface area contributed by atoms with Crippen molar-refractivity contribution in [2.24, 2.45) is 0 Å². The first-order chi connectivity index (χ1) is 8.35. The maximum absolute atomic E-state index is 11.9. The number of nitrogens with one attached hydrogen (secondary N) is 1. The fourth-order valence-electron chi connectivity index (χ4n) is 1.13. The van der Waals surface area contributed by atoms with E-state index in [-0.39, 0.29) is 11.7 Å². The van der Waals surface area contributed by atoms with Gasteiger partial charge in [-0.2, -0.15) is 18.2 Å². The summed E-state index contributed by atoms with van der Waals surface area (Å²) >= 11 is 0. The van der Waals surface area contributed by atoms with Crippen LogP contribution in [0.4, 0.5) is 24.7 Å². The van der Waals surface area contributed by atoms with Crippen molar-refractivity contribution in [3.05, 3.63) is 16.4 Å². The highest BCUT2D eigenvalue weighted by atomic mass is 19.4. The normalized spacial score (nSPS) is 11.1. The quantitative estimate of drug-likeness (QED) is 0.645. The molecule has 0 saturated heterocycles. The van der Waals surface area contributed by atoms with Crippen LogP contribution in [0.25, 0.3) is 0 Å². The minimum absolute atomic E-state index is 0.309. The molecule has 0 aliphatic heterocycles. The summed E-state index contributed by atoms with van der Waals surface area (Å²) in [6, 6.07) is 0. The summed E-state index contributed by atoms with van der Waals surface area (Å²) in [5, 5.41) is 13.0. The van der Waals surface area contributed by atoms with E-state index in [0.29, 0.717) is 0 Å². The van der Waals surface area contributed by atoms with E-state index in [9.17, 15) is 23.3 Å². The van der Waals surface area contributed by atoms with E-state index < -0.39 is 29.8 Å². The largest absolute Gasteiger partial charge is 0.476 e. The van der Waals surface area contributed by atoms with Crippen LogP contribution in [0.5, 0.6) is 5.88 Å². The van der Waals surface area contributed by atoms with E-state index in [4.69, 9.17) is 0 Å². The van der Waals surface area contributed by atoms with Crippen LogP contribution in [0.1, 0.15) is 6.42 Å². The van der Waals surface area contributed by atoms with Crippen molar-refractivity contribution in [1.29, 1.82) is 0 Å². The third-order valence-electron chi connectivity index (χ3n) is 1.87. The van der Waals surface area contributed by atoms with E-state index in [1.807, 2.05) is 0 Å². The standard InChI is InChI=1S/C8H9F3N4O3/c1-18-7-5(15(16)17)6(13-4-14-7)12-3-2-8(9,10)11/h4H,2-3H2,1H3,(H,12,13,14). The summed E-state index contributed by atoms with van der Waals surface area (Å²) < 4.78 is 40.4. The Bertz CT molecular complexity index is 438. The minimum Gasteiger partial charge on any atom is -0.476 e. The Morgan fingerprint density at radius 1 is 1.50 bits per heavy atom. The van der Waals surface area contributed by atoms with Gasteiger partial charge < -0.3 is 10.1 Å². The molecule has 0 aliphatic carbocycles. The van der Waals surface area contributed by atoms with E-state index in [1.165, 1.54) is 0 Å². The molecule has 1 rings (SSSR count). The second-order valence-electron chi connectivity index (χ2n) is 3.13. The summed E-state index contributed by atoms with van der Waals surface area (Å²) in [5.41, 5.74) is -0.595. The van der Waals surface area contributed by atoms with E-state index in [2.05, 4.69) is 20.0 Å². The molecule has 1 N–H and O–H groups in total. The van der Waals surface area contributed by atoms with Crippen LogP contribution >= 0.6 is 0 Å². The Hall–Kier alpha value is -2.13. The van der Waals surface area contributed by atoms with Gasteiger partial charge in [-0.05, 0) is 0 Å². The molecule has 0 fully saturated rings. The molecule has 18 heavy (non-hydrogen) atoms. The van der Waals surface area contributed by atoms with Crippen molar-refractivity contribution in [2.45, 2.75) is 12.6 Å². The summed E-state index contributed by atoms with van der Waals surface area (Å²) in [5.74, 6) is -0.624. The molecule has 0 bridgehead atoms. The molecule has 0 atom stereocenters. The molecule has 100 valence electrons. The first kappa shape index (κ1) is 13.9. The summed E-state index contributed by atoms with van der Waals surface area (Å²) in [7, 11) is 1.16. The number of nitrogens with zero attached hydrogens (tertiary/aromatic N) is 3. The summed E-state index contributed by atoms with van der Waals surface area (Å²) in [6.45, 7) is -0.523. The van der Waals surface area contributed by atoms with Gasteiger partial charge in [0.15, 0.2) is 0 Å². The second-order valence-corrected chi connectivity index (χ2v) is 3.13. The van der Waals surface area contributed by atoms with Crippen LogP contribution < -0.4 is 10.1 Å². The second kappa shape index (κ2) is 5.47. The van der Waals surface area contributed by atoms with Gasteiger partial charge in [0.1, 0.15) is 6.33 Å². The number of alkyl halides is 3. The predicted molar refractivity (Wildman–Crippen MR) is 54.4 cm³/mol. The smallest absolute Gasteiger partial charge is 0.390 e. The molecule has 7 nitrogen and oxygen atoms in total. The highest BCUT2D eigenvalue weighted by Crippen LogP contribution is 2.30. The molecule has 0 spiro atoms. The Labute approximate surface area is 99.1 Å². The van der Waals surface area contributed by atoms with E-state index in [0.717, 1.165) is 13.4 Å². The molecule has 0 aliphatic rings. The van der Waals surface area contributed by atoms with Crippen LogP contribution in [0.15, 0.2) is 6.33 Å². The Morgan fingerprint density at radius 3 is 2.67 bits per heavy atom. The third-order valence-corrected chi connectivity index (χ3v) is 1.87. The Balaban J connectivity index is 2.85. The molecule has 10 heteroatoms. The first-order valence-corrected chi connectivity index (χ1v) is 4.69. The third kappa shape index (κ3) is 3.71. The van der Waals surface area contributed by atoms with Gasteiger partial charge in [-0.3, -0.25) is 10.1 Å². The van der Waals surface area contributed by atoms with Crippen LogP contribution in [0.3, 0.4) is 0 Å². The van der Waals surface area contributed by atoms with Gasteiger partial charge >= 0.3 is 11.9 Å². The van der Waals surface area contributed by atoms with E-state index >= 15 is 0 Å². The number of hydrogen-bond acceptors (Lipinski definition) is 6. The van der Waals surface area contributed by atoms with Crippen LogP contribution in [-0.4, -0.2) is 34.7 Å². The lowest BCUT2D eigenvalue weighted by molar-refractivity contribution is -0.385. The fraction of sp³-hybridized carbons (Fsp3) is 0.500. The molecule has 0 saturated carbocycles. The first-order valence-electron chi connectivity index (χ1n) is 4.69. The topological polar surface area (TPSA) is 90.2 Å². The van der Waals surface area contributed by atoms with Crippen LogP contribution in [-0.2, 0) is 0 Å². The summed E-state index contributed by atoms with van der Waals surface area (Å²) in [4.78, 5) is 16.9. The SMILES string of the molecule is COc1ncnc(NCCC(F)(F)F)c1[N+](=O)[O-]. The molecular formula is C8H9F3N4O3. The zero-order chi connectivity index (χ0) is 13.8. The maximum Gasteiger partial charge on any atom is 0.390 e. The Kier molecular flexibility index (Phi) is 4.23. The van der Waals surface area contributed by atoms with Crippen molar-refractivity contribution < 1.29 is 22.8 Å². The average molecular weight is 266 g/mol. The highest BCUT2D eigenvalue weighted by Gasteiger charge is 2.28. The molecule has 1 aromatic heterocycles. The highest BCUT2D eigenvalue weighted by molar-refractivity contribution is 5.60. The van der Waals surface area contributed by atoms with Gasteiger partial charge in [-0.25, -0.2) is 4.98 Å².